The first-order chi connectivity index (χ1) is 15.2. The lowest BCUT2D eigenvalue weighted by Crippen LogP contribution is -2.38. The molecule has 0 bridgehead atoms. The molecule has 172 valence electrons. The minimum absolute atomic E-state index is 0. The molecule has 0 fully saturated rings. The molecule has 2 aromatic carbocycles. The van der Waals surface area contributed by atoms with Crippen LogP contribution in [0.15, 0.2) is 58.9 Å². The molecule has 3 aromatic rings. The van der Waals surface area contributed by atoms with E-state index in [-0.39, 0.29) is 24.0 Å². The molecule has 32 heavy (non-hydrogen) atoms. The molecule has 0 spiro atoms. The number of nitrogens with one attached hydrogen (secondary N) is 2. The van der Waals surface area contributed by atoms with Crippen molar-refractivity contribution < 1.29 is 9.47 Å². The van der Waals surface area contributed by atoms with Crippen LogP contribution in [-0.4, -0.2) is 44.9 Å². The third kappa shape index (κ3) is 8.07. The van der Waals surface area contributed by atoms with E-state index in [1.807, 2.05) is 18.2 Å². The second kappa shape index (κ2) is 14.1. The van der Waals surface area contributed by atoms with Crippen LogP contribution in [-0.2, 0) is 17.7 Å². The zero-order valence-electron chi connectivity index (χ0n) is 18.8. The molecule has 0 aliphatic rings. The highest BCUT2D eigenvalue weighted by Crippen LogP contribution is 2.23. The molecule has 6 nitrogen and oxygen atoms in total. The summed E-state index contributed by atoms with van der Waals surface area (Å²) >= 11 is 1.68. The SMILES string of the molecule is CN=C(NCCc1csc(-c2ccccc2)n1)NCc1ccc(C)cc1OCCOC.I. The monoisotopic (exact) mass is 566 g/mol. The summed E-state index contributed by atoms with van der Waals surface area (Å²) in [6.45, 7) is 4.52. The lowest BCUT2D eigenvalue weighted by molar-refractivity contribution is 0.145. The maximum Gasteiger partial charge on any atom is 0.191 e. The number of guanidine groups is 1. The number of methoxy groups -OCH3 is 1. The van der Waals surface area contributed by atoms with Crippen molar-refractivity contribution in [3.8, 4) is 16.3 Å². The van der Waals surface area contributed by atoms with Gasteiger partial charge in [0.25, 0.3) is 0 Å². The molecule has 1 aromatic heterocycles. The highest BCUT2D eigenvalue weighted by Gasteiger charge is 2.07. The second-order valence-electron chi connectivity index (χ2n) is 7.07. The maximum atomic E-state index is 5.87. The summed E-state index contributed by atoms with van der Waals surface area (Å²) in [6.07, 6.45) is 0.833. The summed E-state index contributed by atoms with van der Waals surface area (Å²) in [7, 11) is 3.45. The van der Waals surface area contributed by atoms with Crippen LogP contribution in [0.4, 0.5) is 0 Å². The van der Waals surface area contributed by atoms with Crippen molar-refractivity contribution in [2.75, 3.05) is 33.9 Å². The van der Waals surface area contributed by atoms with Crippen molar-refractivity contribution in [3.63, 3.8) is 0 Å². The second-order valence-corrected chi connectivity index (χ2v) is 7.92. The Hall–Kier alpha value is -2.17. The molecule has 1 heterocycles. The molecular formula is C24H31IN4O2S. The quantitative estimate of drug-likeness (QED) is 0.162. The van der Waals surface area contributed by atoms with Gasteiger partial charge in [-0.2, -0.15) is 0 Å². The van der Waals surface area contributed by atoms with Gasteiger partial charge in [-0.3, -0.25) is 4.99 Å². The highest BCUT2D eigenvalue weighted by molar-refractivity contribution is 14.0. The zero-order chi connectivity index (χ0) is 21.9. The van der Waals surface area contributed by atoms with Crippen LogP contribution in [0.5, 0.6) is 5.75 Å². The lowest BCUT2D eigenvalue weighted by Gasteiger charge is -2.15. The number of ether oxygens (including phenoxy) is 2. The minimum atomic E-state index is 0. The predicted octanol–water partition coefficient (Wildman–Crippen LogP) is 4.67. The largest absolute Gasteiger partial charge is 0.491 e. The van der Waals surface area contributed by atoms with Gasteiger partial charge in [-0.25, -0.2) is 4.98 Å². The van der Waals surface area contributed by atoms with Crippen molar-refractivity contribution in [2.24, 2.45) is 4.99 Å². The first-order valence-corrected chi connectivity index (χ1v) is 11.2. The van der Waals surface area contributed by atoms with Gasteiger partial charge >= 0.3 is 0 Å². The van der Waals surface area contributed by atoms with Crippen LogP contribution < -0.4 is 15.4 Å². The van der Waals surface area contributed by atoms with Gasteiger partial charge in [0.1, 0.15) is 17.4 Å². The molecule has 0 unspecified atom stereocenters. The van der Waals surface area contributed by atoms with Crippen LogP contribution in [0, 0.1) is 6.92 Å². The van der Waals surface area contributed by atoms with Crippen molar-refractivity contribution >= 4 is 41.3 Å². The fourth-order valence-electron chi connectivity index (χ4n) is 3.02. The van der Waals surface area contributed by atoms with Crippen molar-refractivity contribution in [2.45, 2.75) is 19.9 Å². The number of halogens is 1. The van der Waals surface area contributed by atoms with Gasteiger partial charge in [-0.15, -0.1) is 35.3 Å². The Kier molecular flexibility index (Phi) is 11.5. The molecule has 0 radical (unpaired) electrons. The number of hydrogen-bond donors (Lipinski definition) is 2. The van der Waals surface area contributed by atoms with E-state index in [9.17, 15) is 0 Å². The Morgan fingerprint density at radius 2 is 1.91 bits per heavy atom. The van der Waals surface area contributed by atoms with E-state index < -0.39 is 0 Å². The average Bonchev–Trinajstić information content (AvgIpc) is 3.27. The van der Waals surface area contributed by atoms with Gasteiger partial charge in [0.05, 0.1) is 12.3 Å². The number of benzene rings is 2. The third-order valence-corrected chi connectivity index (χ3v) is 5.62. The van der Waals surface area contributed by atoms with Gasteiger partial charge in [-0.05, 0) is 18.6 Å². The van der Waals surface area contributed by atoms with E-state index in [1.165, 1.54) is 0 Å². The van der Waals surface area contributed by atoms with Gasteiger partial charge in [0.15, 0.2) is 5.96 Å². The van der Waals surface area contributed by atoms with E-state index in [0.29, 0.717) is 19.8 Å². The molecule has 0 aliphatic heterocycles. The summed E-state index contributed by atoms with van der Waals surface area (Å²) in [5.74, 6) is 1.62. The van der Waals surface area contributed by atoms with E-state index in [2.05, 4.69) is 58.3 Å². The third-order valence-electron chi connectivity index (χ3n) is 4.68. The van der Waals surface area contributed by atoms with Gasteiger partial charge in [0, 0.05) is 50.2 Å². The van der Waals surface area contributed by atoms with Gasteiger partial charge in [0.2, 0.25) is 0 Å². The molecule has 3 rings (SSSR count). The molecule has 0 saturated carbocycles. The number of thiazole rings is 1. The highest BCUT2D eigenvalue weighted by atomic mass is 127. The molecule has 0 atom stereocenters. The number of aliphatic imine (C=N–C) groups is 1. The van der Waals surface area contributed by atoms with E-state index in [4.69, 9.17) is 14.5 Å². The summed E-state index contributed by atoms with van der Waals surface area (Å²) < 4.78 is 11.0. The fraction of sp³-hybridized carbons (Fsp3) is 0.333. The molecular weight excluding hydrogens is 535 g/mol. The molecule has 0 amide bonds. The normalized spacial score (nSPS) is 11.0. The Labute approximate surface area is 211 Å². The predicted molar refractivity (Wildman–Crippen MR) is 143 cm³/mol. The fourth-order valence-corrected chi connectivity index (χ4v) is 3.88. The van der Waals surface area contributed by atoms with Crippen molar-refractivity contribution in [1.82, 2.24) is 15.6 Å². The Morgan fingerprint density at radius 1 is 1.09 bits per heavy atom. The maximum absolute atomic E-state index is 5.87. The number of nitrogens with zero attached hydrogens (tertiary/aromatic N) is 2. The Bertz CT molecular complexity index is 979. The van der Waals surface area contributed by atoms with Crippen LogP contribution in [0.3, 0.4) is 0 Å². The minimum Gasteiger partial charge on any atom is -0.491 e. The van der Waals surface area contributed by atoms with E-state index in [0.717, 1.165) is 52.1 Å². The molecule has 0 saturated heterocycles. The number of aromatic nitrogens is 1. The van der Waals surface area contributed by atoms with E-state index >= 15 is 0 Å². The van der Waals surface area contributed by atoms with E-state index in [1.54, 1.807) is 25.5 Å². The number of hydrogen-bond acceptors (Lipinski definition) is 5. The topological polar surface area (TPSA) is 67.8 Å². The van der Waals surface area contributed by atoms with Crippen molar-refractivity contribution in [3.05, 3.63) is 70.7 Å². The van der Waals surface area contributed by atoms with Crippen LogP contribution in [0.1, 0.15) is 16.8 Å². The first-order valence-electron chi connectivity index (χ1n) is 10.3. The molecule has 2 N–H and O–H groups in total. The average molecular weight is 567 g/mol. The van der Waals surface area contributed by atoms with Gasteiger partial charge in [-0.1, -0.05) is 42.5 Å². The first kappa shape index (κ1) is 26.1. The summed E-state index contributed by atoms with van der Waals surface area (Å²) in [5.41, 5.74) is 4.48. The van der Waals surface area contributed by atoms with Crippen LogP contribution in [0.25, 0.3) is 10.6 Å². The molecule has 8 heteroatoms. The van der Waals surface area contributed by atoms with Crippen LogP contribution >= 0.6 is 35.3 Å². The Balaban J connectivity index is 0.00000363. The molecule has 0 aliphatic carbocycles. The number of aryl methyl sites for hydroxylation is 1. The summed E-state index contributed by atoms with van der Waals surface area (Å²) in [5, 5.41) is 9.90. The number of rotatable bonds is 10. The Morgan fingerprint density at radius 3 is 2.66 bits per heavy atom. The zero-order valence-corrected chi connectivity index (χ0v) is 21.9. The standard InChI is InChI=1S/C24H30N4O2S.HI/c1-18-9-10-20(22(15-18)30-14-13-29-3)16-27-24(25-2)26-12-11-21-17-31-23(28-21)19-7-5-4-6-8-19;/h4-10,15,17H,11-14,16H2,1-3H3,(H2,25,26,27);1H. The smallest absolute Gasteiger partial charge is 0.191 e. The van der Waals surface area contributed by atoms with Crippen molar-refractivity contribution in [1.29, 1.82) is 0 Å². The van der Waals surface area contributed by atoms with Gasteiger partial charge < -0.3 is 20.1 Å². The van der Waals surface area contributed by atoms with Crippen LogP contribution in [0.2, 0.25) is 0 Å². The lowest BCUT2D eigenvalue weighted by atomic mass is 10.1. The summed E-state index contributed by atoms with van der Waals surface area (Å²) in [6, 6.07) is 16.5. The summed E-state index contributed by atoms with van der Waals surface area (Å²) in [4.78, 5) is 9.07.